The van der Waals surface area contributed by atoms with Crippen LogP contribution in [-0.4, -0.2) is 10.8 Å². The molecule has 0 radical (unpaired) electrons. The van der Waals surface area contributed by atoms with Crippen molar-refractivity contribution in [3.8, 4) is 0 Å². The number of ketones is 1. The van der Waals surface area contributed by atoms with Crippen molar-refractivity contribution in [2.45, 2.75) is 20.3 Å². The van der Waals surface area contributed by atoms with E-state index in [4.69, 9.17) is 5.73 Å². The number of carbonyl (C=O) groups excluding carboxylic acids is 1. The predicted molar refractivity (Wildman–Crippen MR) is 52.2 cm³/mol. The number of rotatable bonds is 3. The highest BCUT2D eigenvalue weighted by atomic mass is 16.1. The van der Waals surface area contributed by atoms with Gasteiger partial charge in [-0.1, -0.05) is 13.8 Å². The van der Waals surface area contributed by atoms with Gasteiger partial charge >= 0.3 is 0 Å². The summed E-state index contributed by atoms with van der Waals surface area (Å²) >= 11 is 0. The number of nitrogen functional groups attached to an aromatic ring is 1. The standard InChI is InChI=1S/C10H14N2O/c1-7(2)9(13)5-8-3-4-12-10(11)6-8/h3-4,6-7H,5H2,1-2H3,(H2,11,12). The van der Waals surface area contributed by atoms with Crippen LogP contribution >= 0.6 is 0 Å². The van der Waals surface area contributed by atoms with Gasteiger partial charge in [0.1, 0.15) is 11.6 Å². The van der Waals surface area contributed by atoms with Gasteiger partial charge in [-0.05, 0) is 17.7 Å². The van der Waals surface area contributed by atoms with Crippen LogP contribution in [0.3, 0.4) is 0 Å². The maximum Gasteiger partial charge on any atom is 0.139 e. The molecule has 0 saturated carbocycles. The van der Waals surface area contributed by atoms with Crippen molar-refractivity contribution >= 4 is 11.6 Å². The second-order valence-corrected chi connectivity index (χ2v) is 3.39. The molecule has 0 atom stereocenters. The Hall–Kier alpha value is -1.38. The van der Waals surface area contributed by atoms with Gasteiger partial charge in [-0.2, -0.15) is 0 Å². The van der Waals surface area contributed by atoms with E-state index in [1.165, 1.54) is 0 Å². The van der Waals surface area contributed by atoms with Crippen LogP contribution in [0, 0.1) is 5.92 Å². The van der Waals surface area contributed by atoms with E-state index in [2.05, 4.69) is 4.98 Å². The fourth-order valence-electron chi connectivity index (χ4n) is 1.01. The second kappa shape index (κ2) is 4.03. The zero-order valence-corrected chi connectivity index (χ0v) is 7.95. The number of nitrogens with zero attached hydrogens (tertiary/aromatic N) is 1. The fourth-order valence-corrected chi connectivity index (χ4v) is 1.01. The molecule has 0 aliphatic carbocycles. The molecule has 0 saturated heterocycles. The second-order valence-electron chi connectivity index (χ2n) is 3.39. The van der Waals surface area contributed by atoms with E-state index < -0.39 is 0 Å². The molecule has 1 rings (SSSR count). The highest BCUT2D eigenvalue weighted by Crippen LogP contribution is 2.07. The summed E-state index contributed by atoms with van der Waals surface area (Å²) in [5.74, 6) is 0.772. The Morgan fingerprint density at radius 1 is 1.62 bits per heavy atom. The molecule has 1 heterocycles. The Morgan fingerprint density at radius 2 is 2.31 bits per heavy atom. The van der Waals surface area contributed by atoms with Crippen molar-refractivity contribution in [2.24, 2.45) is 5.92 Å². The molecule has 0 fully saturated rings. The van der Waals surface area contributed by atoms with E-state index >= 15 is 0 Å². The van der Waals surface area contributed by atoms with Crippen molar-refractivity contribution in [2.75, 3.05) is 5.73 Å². The Morgan fingerprint density at radius 3 is 2.85 bits per heavy atom. The molecule has 0 spiro atoms. The summed E-state index contributed by atoms with van der Waals surface area (Å²) in [4.78, 5) is 15.2. The largest absolute Gasteiger partial charge is 0.384 e. The average molecular weight is 178 g/mol. The maximum atomic E-state index is 11.4. The lowest BCUT2D eigenvalue weighted by Crippen LogP contribution is -2.10. The Labute approximate surface area is 78.0 Å². The van der Waals surface area contributed by atoms with E-state index in [0.717, 1.165) is 5.56 Å². The van der Waals surface area contributed by atoms with Crippen LogP contribution in [0.2, 0.25) is 0 Å². The Bertz CT molecular complexity index is 308. The molecule has 0 unspecified atom stereocenters. The zero-order valence-electron chi connectivity index (χ0n) is 7.95. The number of aromatic nitrogens is 1. The van der Waals surface area contributed by atoms with E-state index in [-0.39, 0.29) is 11.7 Å². The third kappa shape index (κ3) is 2.86. The number of hydrogen-bond acceptors (Lipinski definition) is 3. The summed E-state index contributed by atoms with van der Waals surface area (Å²) < 4.78 is 0. The first-order valence-corrected chi connectivity index (χ1v) is 4.32. The van der Waals surface area contributed by atoms with Gasteiger partial charge in [0.2, 0.25) is 0 Å². The predicted octanol–water partition coefficient (Wildman–Crippen LogP) is 1.43. The van der Waals surface area contributed by atoms with Gasteiger partial charge < -0.3 is 5.73 Å². The number of Topliss-reactive ketones (excluding diaryl/α,β-unsaturated/α-hetero) is 1. The first kappa shape index (κ1) is 9.71. The van der Waals surface area contributed by atoms with Crippen molar-refractivity contribution in [1.29, 1.82) is 0 Å². The summed E-state index contributed by atoms with van der Waals surface area (Å²) in [6, 6.07) is 3.55. The molecule has 1 aromatic heterocycles. The lowest BCUT2D eigenvalue weighted by molar-refractivity contribution is -0.121. The Kier molecular flexibility index (Phi) is 3.01. The average Bonchev–Trinajstić information content (AvgIpc) is 2.04. The molecule has 3 heteroatoms. The van der Waals surface area contributed by atoms with Crippen LogP contribution < -0.4 is 5.73 Å². The van der Waals surface area contributed by atoms with Gasteiger partial charge in [-0.25, -0.2) is 4.98 Å². The summed E-state index contributed by atoms with van der Waals surface area (Å²) in [6.45, 7) is 3.79. The summed E-state index contributed by atoms with van der Waals surface area (Å²) in [5, 5.41) is 0. The minimum absolute atomic E-state index is 0.0781. The zero-order chi connectivity index (χ0) is 9.84. The molecule has 70 valence electrons. The molecule has 13 heavy (non-hydrogen) atoms. The highest BCUT2D eigenvalue weighted by molar-refractivity contribution is 5.82. The number of carbonyl (C=O) groups is 1. The highest BCUT2D eigenvalue weighted by Gasteiger charge is 2.07. The van der Waals surface area contributed by atoms with Crippen LogP contribution in [0.4, 0.5) is 5.82 Å². The molecule has 2 N–H and O–H groups in total. The van der Waals surface area contributed by atoms with E-state index in [1.807, 2.05) is 19.9 Å². The first-order chi connectivity index (χ1) is 6.09. The van der Waals surface area contributed by atoms with E-state index in [1.54, 1.807) is 12.3 Å². The molecule has 0 aliphatic heterocycles. The number of nitrogens with two attached hydrogens (primary N) is 1. The van der Waals surface area contributed by atoms with Crippen LogP contribution in [0.1, 0.15) is 19.4 Å². The molecule has 0 amide bonds. The minimum atomic E-state index is 0.0781. The normalized spacial score (nSPS) is 10.4. The van der Waals surface area contributed by atoms with Crippen molar-refractivity contribution < 1.29 is 4.79 Å². The van der Waals surface area contributed by atoms with Crippen LogP contribution in [0.5, 0.6) is 0 Å². The smallest absolute Gasteiger partial charge is 0.139 e. The summed E-state index contributed by atoms with van der Waals surface area (Å²) in [6.07, 6.45) is 2.07. The fraction of sp³-hybridized carbons (Fsp3) is 0.400. The van der Waals surface area contributed by atoms with Gasteiger partial charge in [0.05, 0.1) is 0 Å². The van der Waals surface area contributed by atoms with Crippen LogP contribution in [-0.2, 0) is 11.2 Å². The molecule has 1 aromatic rings. The van der Waals surface area contributed by atoms with Crippen molar-refractivity contribution in [3.63, 3.8) is 0 Å². The van der Waals surface area contributed by atoms with Gasteiger partial charge in [0.15, 0.2) is 0 Å². The van der Waals surface area contributed by atoms with Crippen LogP contribution in [0.15, 0.2) is 18.3 Å². The third-order valence-corrected chi connectivity index (χ3v) is 1.87. The number of anilines is 1. The lowest BCUT2D eigenvalue weighted by atomic mass is 10.0. The van der Waals surface area contributed by atoms with Gasteiger partial charge in [-0.15, -0.1) is 0 Å². The van der Waals surface area contributed by atoms with Crippen LogP contribution in [0.25, 0.3) is 0 Å². The SMILES string of the molecule is CC(C)C(=O)Cc1ccnc(N)c1. The topological polar surface area (TPSA) is 56.0 Å². The van der Waals surface area contributed by atoms with Crippen molar-refractivity contribution in [3.05, 3.63) is 23.9 Å². The third-order valence-electron chi connectivity index (χ3n) is 1.87. The molecule has 0 aromatic carbocycles. The Balaban J connectivity index is 2.69. The monoisotopic (exact) mass is 178 g/mol. The minimum Gasteiger partial charge on any atom is -0.384 e. The molecular formula is C10H14N2O. The lowest BCUT2D eigenvalue weighted by Gasteiger charge is -2.03. The number of pyridine rings is 1. The molecule has 0 aliphatic rings. The quantitative estimate of drug-likeness (QED) is 0.761. The van der Waals surface area contributed by atoms with Gasteiger partial charge in [-0.3, -0.25) is 4.79 Å². The molecule has 0 bridgehead atoms. The van der Waals surface area contributed by atoms with E-state index in [0.29, 0.717) is 12.2 Å². The van der Waals surface area contributed by atoms with Gasteiger partial charge in [0, 0.05) is 18.5 Å². The van der Waals surface area contributed by atoms with Gasteiger partial charge in [0.25, 0.3) is 0 Å². The molecular weight excluding hydrogens is 164 g/mol. The summed E-state index contributed by atoms with van der Waals surface area (Å²) in [7, 11) is 0. The summed E-state index contributed by atoms with van der Waals surface area (Å²) in [5.41, 5.74) is 6.42. The first-order valence-electron chi connectivity index (χ1n) is 4.32. The van der Waals surface area contributed by atoms with E-state index in [9.17, 15) is 4.79 Å². The maximum absolute atomic E-state index is 11.4. The number of hydrogen-bond donors (Lipinski definition) is 1. The van der Waals surface area contributed by atoms with Crippen molar-refractivity contribution in [1.82, 2.24) is 4.98 Å². The molecule has 3 nitrogen and oxygen atoms in total.